The molecular formula is C30H21N3. The highest BCUT2D eigenvalue weighted by atomic mass is 15.3. The fourth-order valence-electron chi connectivity index (χ4n) is 4.35. The molecule has 0 aliphatic rings. The maximum atomic E-state index is 4.82. The number of para-hydroxylation sites is 2. The van der Waals surface area contributed by atoms with Crippen LogP contribution in [0.5, 0.6) is 0 Å². The van der Waals surface area contributed by atoms with Gasteiger partial charge >= 0.3 is 0 Å². The van der Waals surface area contributed by atoms with Crippen LogP contribution in [0.1, 0.15) is 0 Å². The summed E-state index contributed by atoms with van der Waals surface area (Å²) in [4.78, 5) is 2.18. The Morgan fingerprint density at radius 3 is 1.52 bits per heavy atom. The number of hydrogen-bond donors (Lipinski definition) is 0. The number of rotatable bonds is 4. The molecule has 156 valence electrons. The molecule has 3 heteroatoms. The van der Waals surface area contributed by atoms with Crippen molar-refractivity contribution in [2.75, 3.05) is 4.90 Å². The Hall–Kier alpha value is -4.50. The van der Waals surface area contributed by atoms with Crippen LogP contribution in [0.15, 0.2) is 127 Å². The molecule has 6 aromatic rings. The van der Waals surface area contributed by atoms with Crippen LogP contribution in [-0.4, -0.2) is 10.2 Å². The quantitative estimate of drug-likeness (QED) is 0.270. The van der Waals surface area contributed by atoms with Crippen molar-refractivity contribution >= 4 is 38.7 Å². The highest BCUT2D eigenvalue weighted by molar-refractivity contribution is 6.09. The van der Waals surface area contributed by atoms with E-state index in [9.17, 15) is 0 Å². The highest BCUT2D eigenvalue weighted by Crippen LogP contribution is 2.40. The summed E-state index contributed by atoms with van der Waals surface area (Å²) < 4.78 is 0. The van der Waals surface area contributed by atoms with E-state index in [-0.39, 0.29) is 0 Å². The van der Waals surface area contributed by atoms with E-state index in [0.29, 0.717) is 0 Å². The molecule has 5 aromatic carbocycles. The molecule has 1 aromatic heterocycles. The largest absolute Gasteiger partial charge is 0.293 e. The Bertz CT molecular complexity index is 1510. The van der Waals surface area contributed by atoms with Gasteiger partial charge in [-0.1, -0.05) is 91.0 Å². The van der Waals surface area contributed by atoms with Crippen LogP contribution in [0.4, 0.5) is 17.2 Å². The normalized spacial score (nSPS) is 11.0. The number of aromatic nitrogens is 2. The third-order valence-electron chi connectivity index (χ3n) is 5.91. The molecular weight excluding hydrogens is 402 g/mol. The summed E-state index contributed by atoms with van der Waals surface area (Å²) in [6, 6.07) is 43.9. The van der Waals surface area contributed by atoms with Gasteiger partial charge in [-0.3, -0.25) is 4.90 Å². The maximum Gasteiger partial charge on any atom is 0.168 e. The van der Waals surface area contributed by atoms with Crippen molar-refractivity contribution in [1.82, 2.24) is 10.2 Å². The first kappa shape index (κ1) is 19.2. The molecule has 0 radical (unpaired) electrons. The first-order chi connectivity index (χ1) is 16.4. The van der Waals surface area contributed by atoms with Crippen molar-refractivity contribution in [1.29, 1.82) is 0 Å². The fourth-order valence-corrected chi connectivity index (χ4v) is 4.35. The molecule has 33 heavy (non-hydrogen) atoms. The Kier molecular flexibility index (Phi) is 4.78. The lowest BCUT2D eigenvalue weighted by atomic mass is 10.00. The molecule has 0 saturated heterocycles. The van der Waals surface area contributed by atoms with Gasteiger partial charge in [0.05, 0.1) is 0 Å². The average molecular weight is 424 g/mol. The molecule has 1 heterocycles. The Morgan fingerprint density at radius 1 is 0.455 bits per heavy atom. The van der Waals surface area contributed by atoms with E-state index in [1.54, 1.807) is 0 Å². The van der Waals surface area contributed by atoms with Gasteiger partial charge in [-0.15, -0.1) is 10.2 Å². The second-order valence-corrected chi connectivity index (χ2v) is 7.99. The first-order valence-corrected chi connectivity index (χ1v) is 11.0. The second-order valence-electron chi connectivity index (χ2n) is 7.99. The van der Waals surface area contributed by atoms with Gasteiger partial charge in [-0.25, -0.2) is 0 Å². The van der Waals surface area contributed by atoms with Gasteiger partial charge in [0, 0.05) is 27.7 Å². The monoisotopic (exact) mass is 423 g/mol. The van der Waals surface area contributed by atoms with Crippen LogP contribution in [0.25, 0.3) is 32.8 Å². The van der Waals surface area contributed by atoms with Crippen LogP contribution >= 0.6 is 0 Å². The van der Waals surface area contributed by atoms with Crippen LogP contribution in [0.2, 0.25) is 0 Å². The first-order valence-electron chi connectivity index (χ1n) is 11.0. The molecule has 0 spiro atoms. The lowest BCUT2D eigenvalue weighted by molar-refractivity contribution is 1.03. The zero-order chi connectivity index (χ0) is 22.0. The number of hydrogen-bond acceptors (Lipinski definition) is 3. The van der Waals surface area contributed by atoms with Crippen LogP contribution in [-0.2, 0) is 0 Å². The van der Waals surface area contributed by atoms with Crippen molar-refractivity contribution in [3.63, 3.8) is 0 Å². The SMILES string of the molecule is c1ccc(-c2nnc(N(c3ccccc3)c3ccccc3)c3cc4ccccc4cc23)cc1. The van der Waals surface area contributed by atoms with E-state index in [4.69, 9.17) is 10.2 Å². The van der Waals surface area contributed by atoms with Gasteiger partial charge in [-0.2, -0.15) is 0 Å². The van der Waals surface area contributed by atoms with Crippen molar-refractivity contribution in [2.45, 2.75) is 0 Å². The van der Waals surface area contributed by atoms with Crippen LogP contribution in [0, 0.1) is 0 Å². The van der Waals surface area contributed by atoms with Gasteiger partial charge in [0.2, 0.25) is 0 Å². The van der Waals surface area contributed by atoms with Gasteiger partial charge in [0.25, 0.3) is 0 Å². The van der Waals surface area contributed by atoms with Crippen molar-refractivity contribution in [3.8, 4) is 11.3 Å². The predicted octanol–water partition coefficient (Wildman–Crippen LogP) is 7.92. The number of anilines is 3. The summed E-state index contributed by atoms with van der Waals surface area (Å²) in [5.41, 5.74) is 4.03. The van der Waals surface area contributed by atoms with E-state index >= 15 is 0 Å². The predicted molar refractivity (Wildman–Crippen MR) is 137 cm³/mol. The second kappa shape index (κ2) is 8.21. The number of benzene rings is 5. The number of nitrogens with zero attached hydrogens (tertiary/aromatic N) is 3. The van der Waals surface area contributed by atoms with E-state index in [0.717, 1.165) is 39.2 Å². The molecule has 0 saturated carbocycles. The molecule has 0 unspecified atom stereocenters. The summed E-state index contributed by atoms with van der Waals surface area (Å²) in [6.45, 7) is 0. The Labute approximate surface area is 192 Å². The highest BCUT2D eigenvalue weighted by Gasteiger charge is 2.20. The minimum absolute atomic E-state index is 0.813. The third-order valence-corrected chi connectivity index (χ3v) is 5.91. The van der Waals surface area contributed by atoms with E-state index in [2.05, 4.69) is 102 Å². The maximum absolute atomic E-state index is 4.82. The Balaban J connectivity index is 1.69. The van der Waals surface area contributed by atoms with E-state index in [1.165, 1.54) is 10.8 Å². The van der Waals surface area contributed by atoms with Crippen molar-refractivity contribution in [3.05, 3.63) is 127 Å². The molecule has 0 aliphatic carbocycles. The fraction of sp³-hybridized carbons (Fsp3) is 0. The van der Waals surface area contributed by atoms with Crippen molar-refractivity contribution < 1.29 is 0 Å². The third kappa shape index (κ3) is 3.50. The lowest BCUT2D eigenvalue weighted by Crippen LogP contribution is -2.13. The molecule has 0 atom stereocenters. The van der Waals surface area contributed by atoms with Crippen LogP contribution < -0.4 is 4.90 Å². The van der Waals surface area contributed by atoms with E-state index < -0.39 is 0 Å². The molecule has 0 fully saturated rings. The Morgan fingerprint density at radius 2 is 0.939 bits per heavy atom. The molecule has 0 bridgehead atoms. The van der Waals surface area contributed by atoms with Crippen LogP contribution in [0.3, 0.4) is 0 Å². The number of fused-ring (bicyclic) bond motifs is 2. The van der Waals surface area contributed by atoms with Crippen molar-refractivity contribution in [2.24, 2.45) is 0 Å². The minimum atomic E-state index is 0.813. The minimum Gasteiger partial charge on any atom is -0.293 e. The topological polar surface area (TPSA) is 29.0 Å². The summed E-state index contributed by atoms with van der Waals surface area (Å²) in [7, 11) is 0. The van der Waals surface area contributed by atoms with Gasteiger partial charge in [-0.05, 0) is 47.2 Å². The van der Waals surface area contributed by atoms with Gasteiger partial charge in [0.15, 0.2) is 5.82 Å². The summed E-state index contributed by atoms with van der Waals surface area (Å²) in [5.74, 6) is 0.813. The summed E-state index contributed by atoms with van der Waals surface area (Å²) in [5, 5.41) is 14.1. The standard InChI is InChI=1S/C30H21N3/c1-4-12-22(13-5-1)29-27-20-23-14-10-11-15-24(23)21-28(27)30(32-31-29)33(25-16-6-2-7-17-25)26-18-8-3-9-19-26/h1-21H. The zero-order valence-electron chi connectivity index (χ0n) is 18.0. The average Bonchev–Trinajstić information content (AvgIpc) is 2.89. The molecule has 3 nitrogen and oxygen atoms in total. The summed E-state index contributed by atoms with van der Waals surface area (Å²) in [6.07, 6.45) is 0. The molecule has 6 rings (SSSR count). The van der Waals surface area contributed by atoms with E-state index in [1.807, 2.05) is 30.3 Å². The molecule has 0 aliphatic heterocycles. The van der Waals surface area contributed by atoms with Gasteiger partial charge < -0.3 is 0 Å². The zero-order valence-corrected chi connectivity index (χ0v) is 18.0. The van der Waals surface area contributed by atoms with Gasteiger partial charge in [0.1, 0.15) is 5.69 Å². The molecule has 0 N–H and O–H groups in total. The smallest absolute Gasteiger partial charge is 0.168 e. The summed E-state index contributed by atoms with van der Waals surface area (Å²) >= 11 is 0. The lowest BCUT2D eigenvalue weighted by Gasteiger charge is -2.25. The molecule has 0 amide bonds.